The number of anilines is 1. The molecular weight excluding hydrogens is 194 g/mol. The lowest BCUT2D eigenvalue weighted by atomic mass is 10.1. The molecule has 0 aliphatic rings. The number of nitrogens with zero attached hydrogens (tertiary/aromatic N) is 2. The van der Waals surface area contributed by atoms with Gasteiger partial charge in [-0.25, -0.2) is 0 Å². The van der Waals surface area contributed by atoms with Crippen molar-refractivity contribution in [3.8, 4) is 5.75 Å². The zero-order chi connectivity index (χ0) is 10.7. The predicted octanol–water partition coefficient (Wildman–Crippen LogP) is 0.493. The molecule has 0 radical (unpaired) electrons. The van der Waals surface area contributed by atoms with Gasteiger partial charge in [0.2, 0.25) is 5.27 Å². The van der Waals surface area contributed by atoms with E-state index >= 15 is 0 Å². The minimum atomic E-state index is 0.275. The number of nitrogen functional groups attached to an aromatic ring is 1. The highest BCUT2D eigenvalue weighted by Crippen LogP contribution is 2.09. The van der Waals surface area contributed by atoms with E-state index < -0.39 is 0 Å². The summed E-state index contributed by atoms with van der Waals surface area (Å²) in [7, 11) is 0. The fourth-order valence-electron chi connectivity index (χ4n) is 1.31. The first-order valence-electron chi connectivity index (χ1n) is 4.64. The Morgan fingerprint density at radius 3 is 2.67 bits per heavy atom. The highest BCUT2D eigenvalue weighted by Gasteiger charge is 2.08. The largest absolute Gasteiger partial charge is 0.508 e. The molecule has 0 unspecified atom stereocenters. The fourth-order valence-corrected chi connectivity index (χ4v) is 1.31. The van der Waals surface area contributed by atoms with Gasteiger partial charge in [-0.3, -0.25) is 4.52 Å². The van der Waals surface area contributed by atoms with Crippen LogP contribution in [-0.4, -0.2) is 10.4 Å². The maximum Gasteiger partial charge on any atom is 0.293 e. The van der Waals surface area contributed by atoms with Crippen LogP contribution in [0.1, 0.15) is 5.56 Å². The summed E-state index contributed by atoms with van der Waals surface area (Å²) in [5.74, 6) is 0.581. The van der Waals surface area contributed by atoms with E-state index in [2.05, 4.69) is 5.27 Å². The lowest BCUT2D eigenvalue weighted by Crippen LogP contribution is -2.35. The van der Waals surface area contributed by atoms with Gasteiger partial charge in [0.15, 0.2) is 6.54 Å². The number of hydrogen-bond donors (Lipinski definition) is 2. The molecule has 2 aromatic rings. The van der Waals surface area contributed by atoms with Crippen molar-refractivity contribution in [3.05, 3.63) is 36.0 Å². The molecule has 0 spiro atoms. The minimum Gasteiger partial charge on any atom is -0.508 e. The Bertz CT molecular complexity index is 436. The van der Waals surface area contributed by atoms with Crippen molar-refractivity contribution >= 4 is 5.88 Å². The van der Waals surface area contributed by atoms with Gasteiger partial charge in [0.1, 0.15) is 5.75 Å². The Labute approximate surface area is 86.7 Å². The molecule has 2 rings (SSSR count). The molecule has 0 atom stereocenters. The average Bonchev–Trinajstić information content (AvgIpc) is 2.64. The van der Waals surface area contributed by atoms with Crippen molar-refractivity contribution in [1.82, 2.24) is 5.27 Å². The Morgan fingerprint density at radius 2 is 2.07 bits per heavy atom. The monoisotopic (exact) mass is 206 g/mol. The summed E-state index contributed by atoms with van der Waals surface area (Å²) in [5, 5.41) is 12.8. The van der Waals surface area contributed by atoms with Crippen LogP contribution >= 0.6 is 0 Å². The highest BCUT2D eigenvalue weighted by molar-refractivity contribution is 5.25. The van der Waals surface area contributed by atoms with Crippen LogP contribution in [0.3, 0.4) is 0 Å². The number of phenolic OH excluding ortho intramolecular Hbond substituents is 1. The second-order valence-corrected chi connectivity index (χ2v) is 3.28. The Hall–Kier alpha value is -2.04. The standard InChI is InChI=1S/C10H11N3O2/c11-10-7-13(12-15-10)6-5-8-1-3-9(14)4-2-8/h1-4,7H,5-6H2,(H2-,11,12,14)/p+1. The van der Waals surface area contributed by atoms with Crippen molar-refractivity contribution in [2.45, 2.75) is 13.0 Å². The first-order valence-corrected chi connectivity index (χ1v) is 4.64. The summed E-state index contributed by atoms with van der Waals surface area (Å²) in [5.41, 5.74) is 6.51. The van der Waals surface area contributed by atoms with Gasteiger partial charge in [0, 0.05) is 6.42 Å². The van der Waals surface area contributed by atoms with Gasteiger partial charge in [-0.2, -0.15) is 0 Å². The summed E-state index contributed by atoms with van der Waals surface area (Å²) in [4.78, 5) is 0. The third-order valence-corrected chi connectivity index (χ3v) is 2.09. The summed E-state index contributed by atoms with van der Waals surface area (Å²) in [6, 6.07) is 7.08. The Morgan fingerprint density at radius 1 is 1.33 bits per heavy atom. The Kier molecular flexibility index (Phi) is 2.53. The number of phenols is 1. The van der Waals surface area contributed by atoms with E-state index in [0.717, 1.165) is 12.0 Å². The molecule has 0 aliphatic carbocycles. The third-order valence-electron chi connectivity index (χ3n) is 2.09. The molecule has 0 saturated carbocycles. The van der Waals surface area contributed by atoms with E-state index in [1.54, 1.807) is 23.0 Å². The van der Waals surface area contributed by atoms with Crippen LogP contribution < -0.4 is 10.4 Å². The number of aromatic nitrogens is 2. The number of hydrogen-bond acceptors (Lipinski definition) is 4. The second-order valence-electron chi connectivity index (χ2n) is 3.28. The van der Waals surface area contributed by atoms with Crippen LogP contribution in [0.2, 0.25) is 0 Å². The Balaban J connectivity index is 1.96. The van der Waals surface area contributed by atoms with Crippen LogP contribution in [0.25, 0.3) is 0 Å². The number of aryl methyl sites for hydroxylation is 2. The lowest BCUT2D eigenvalue weighted by molar-refractivity contribution is -0.761. The molecule has 1 aromatic carbocycles. The van der Waals surface area contributed by atoms with E-state index in [1.165, 1.54) is 0 Å². The molecule has 0 amide bonds. The van der Waals surface area contributed by atoms with E-state index in [9.17, 15) is 0 Å². The smallest absolute Gasteiger partial charge is 0.293 e. The molecule has 1 aromatic heterocycles. The number of nitrogens with two attached hydrogens (primary N) is 1. The minimum absolute atomic E-state index is 0.275. The van der Waals surface area contributed by atoms with Crippen LogP contribution in [0.4, 0.5) is 5.88 Å². The fraction of sp³-hybridized carbons (Fsp3) is 0.200. The summed E-state index contributed by atoms with van der Waals surface area (Å²) in [6.07, 6.45) is 2.46. The maximum atomic E-state index is 9.10. The van der Waals surface area contributed by atoms with Crippen molar-refractivity contribution < 1.29 is 14.3 Å². The maximum absolute atomic E-state index is 9.10. The topological polar surface area (TPSA) is 76.2 Å². The van der Waals surface area contributed by atoms with Crippen LogP contribution in [0.5, 0.6) is 5.75 Å². The number of benzene rings is 1. The normalized spacial score (nSPS) is 10.4. The van der Waals surface area contributed by atoms with E-state index in [0.29, 0.717) is 12.4 Å². The molecule has 0 aliphatic heterocycles. The molecule has 1 heterocycles. The molecule has 5 nitrogen and oxygen atoms in total. The number of rotatable bonds is 3. The van der Waals surface area contributed by atoms with Crippen LogP contribution in [0.15, 0.2) is 35.0 Å². The van der Waals surface area contributed by atoms with Crippen LogP contribution in [-0.2, 0) is 13.0 Å². The van der Waals surface area contributed by atoms with Crippen LogP contribution in [0, 0.1) is 0 Å². The summed E-state index contributed by atoms with van der Waals surface area (Å²) < 4.78 is 6.36. The average molecular weight is 206 g/mol. The third kappa shape index (κ3) is 2.46. The zero-order valence-corrected chi connectivity index (χ0v) is 8.13. The molecule has 15 heavy (non-hydrogen) atoms. The number of aromatic hydroxyl groups is 1. The SMILES string of the molecule is Nc1c[n+](CCc2ccc(O)cc2)no1. The quantitative estimate of drug-likeness (QED) is 0.717. The molecule has 0 fully saturated rings. The molecule has 3 N–H and O–H groups in total. The van der Waals surface area contributed by atoms with E-state index in [-0.39, 0.29) is 5.75 Å². The van der Waals surface area contributed by atoms with Gasteiger partial charge >= 0.3 is 0 Å². The van der Waals surface area contributed by atoms with Crippen molar-refractivity contribution in [2.24, 2.45) is 0 Å². The molecular formula is C10H12N3O2+. The summed E-state index contributed by atoms with van der Waals surface area (Å²) >= 11 is 0. The predicted molar refractivity (Wildman–Crippen MR) is 52.9 cm³/mol. The van der Waals surface area contributed by atoms with Crippen molar-refractivity contribution in [3.63, 3.8) is 0 Å². The van der Waals surface area contributed by atoms with Gasteiger partial charge in [-0.05, 0) is 17.7 Å². The second kappa shape index (κ2) is 4.00. The van der Waals surface area contributed by atoms with Gasteiger partial charge in [0.25, 0.3) is 12.1 Å². The molecule has 5 heteroatoms. The van der Waals surface area contributed by atoms with Gasteiger partial charge < -0.3 is 10.8 Å². The van der Waals surface area contributed by atoms with Gasteiger partial charge in [-0.1, -0.05) is 16.8 Å². The van der Waals surface area contributed by atoms with Crippen molar-refractivity contribution in [2.75, 3.05) is 5.73 Å². The van der Waals surface area contributed by atoms with E-state index in [1.807, 2.05) is 12.1 Å². The lowest BCUT2D eigenvalue weighted by Gasteiger charge is -1.95. The molecule has 0 bridgehead atoms. The summed E-state index contributed by atoms with van der Waals surface area (Å²) in [6.45, 7) is 0.700. The molecule has 78 valence electrons. The first-order chi connectivity index (χ1) is 7.24. The van der Waals surface area contributed by atoms with Crippen molar-refractivity contribution in [1.29, 1.82) is 0 Å². The molecule has 0 saturated heterocycles. The van der Waals surface area contributed by atoms with Gasteiger partial charge in [0.05, 0.1) is 0 Å². The first kappa shape index (κ1) is 9.51. The van der Waals surface area contributed by atoms with E-state index in [4.69, 9.17) is 15.4 Å². The highest BCUT2D eigenvalue weighted by atomic mass is 16.5. The van der Waals surface area contributed by atoms with Gasteiger partial charge in [-0.15, -0.1) is 0 Å². The zero-order valence-electron chi connectivity index (χ0n) is 8.13.